The number of amides is 3. The van der Waals surface area contributed by atoms with Crippen LogP contribution in [0, 0.1) is 5.92 Å². The average Bonchev–Trinajstić information content (AvgIpc) is 3.07. The number of carboxylic acid groups (broad SMARTS) is 1. The highest BCUT2D eigenvalue weighted by Crippen LogP contribution is 2.25. The number of nitrogens with one attached hydrogen (secondary N) is 2. The first kappa shape index (κ1) is 37.2. The molecule has 252 valence electrons. The van der Waals surface area contributed by atoms with Crippen molar-refractivity contribution in [3.8, 4) is 0 Å². The number of hydrogen-bond acceptors (Lipinski definition) is 5. The summed E-state index contributed by atoms with van der Waals surface area (Å²) in [5.74, 6) is -2.88. The van der Waals surface area contributed by atoms with Crippen LogP contribution in [0.25, 0.3) is 0 Å². The van der Waals surface area contributed by atoms with Crippen LogP contribution in [-0.4, -0.2) is 52.1 Å². The van der Waals surface area contributed by atoms with Crippen LogP contribution < -0.4 is 16.4 Å². The molecule has 0 radical (unpaired) electrons. The molecule has 0 aliphatic carbocycles. The summed E-state index contributed by atoms with van der Waals surface area (Å²) in [5, 5.41) is 25.7. The minimum absolute atomic E-state index is 0.00406. The SMILES string of the molecule is CC(C)C(NC(=O)C(c1ccccc1)c1ccccc1)C(=O)NC(Cc1ccccc1)C(O)CCC(=O)O.NC(=O)Cc1ccccc1. The minimum atomic E-state index is -1.07. The lowest BCUT2D eigenvalue weighted by atomic mass is 9.89. The zero-order valence-corrected chi connectivity index (χ0v) is 27.4. The third-order valence-electron chi connectivity index (χ3n) is 7.74. The van der Waals surface area contributed by atoms with Crippen LogP contribution >= 0.6 is 0 Å². The van der Waals surface area contributed by atoms with E-state index in [9.17, 15) is 24.3 Å². The molecular weight excluding hydrogens is 606 g/mol. The summed E-state index contributed by atoms with van der Waals surface area (Å²) in [6.45, 7) is 3.69. The Labute approximate surface area is 282 Å². The van der Waals surface area contributed by atoms with Crippen LogP contribution in [0.3, 0.4) is 0 Å². The Kier molecular flexibility index (Phi) is 15.0. The van der Waals surface area contributed by atoms with Gasteiger partial charge in [-0.25, -0.2) is 0 Å². The maximum Gasteiger partial charge on any atom is 0.303 e. The lowest BCUT2D eigenvalue weighted by Gasteiger charge is -2.29. The van der Waals surface area contributed by atoms with Gasteiger partial charge < -0.3 is 26.6 Å². The highest BCUT2D eigenvalue weighted by atomic mass is 16.4. The Morgan fingerprint density at radius 2 is 1.12 bits per heavy atom. The van der Waals surface area contributed by atoms with Crippen molar-refractivity contribution in [1.29, 1.82) is 0 Å². The summed E-state index contributed by atoms with van der Waals surface area (Å²) in [6.07, 6.45) is -0.637. The monoisotopic (exact) mass is 651 g/mol. The summed E-state index contributed by atoms with van der Waals surface area (Å²) in [4.78, 5) is 48.6. The van der Waals surface area contributed by atoms with Crippen molar-refractivity contribution in [2.45, 2.75) is 63.6 Å². The number of nitrogens with two attached hydrogens (primary N) is 1. The van der Waals surface area contributed by atoms with Gasteiger partial charge in [0.25, 0.3) is 0 Å². The molecule has 9 heteroatoms. The van der Waals surface area contributed by atoms with E-state index in [2.05, 4.69) is 10.6 Å². The number of carbonyl (C=O) groups excluding carboxylic acids is 3. The molecule has 6 N–H and O–H groups in total. The van der Waals surface area contributed by atoms with Crippen LogP contribution in [0.2, 0.25) is 0 Å². The lowest BCUT2D eigenvalue weighted by Crippen LogP contribution is -2.55. The maximum atomic E-state index is 13.6. The van der Waals surface area contributed by atoms with E-state index >= 15 is 0 Å². The second-order valence-electron chi connectivity index (χ2n) is 11.9. The minimum Gasteiger partial charge on any atom is -0.481 e. The van der Waals surface area contributed by atoms with Gasteiger partial charge in [-0.05, 0) is 41.0 Å². The number of benzene rings is 4. The van der Waals surface area contributed by atoms with Gasteiger partial charge >= 0.3 is 5.97 Å². The highest BCUT2D eigenvalue weighted by molar-refractivity contribution is 5.92. The molecule has 0 saturated carbocycles. The first-order valence-electron chi connectivity index (χ1n) is 16.0. The smallest absolute Gasteiger partial charge is 0.303 e. The molecule has 48 heavy (non-hydrogen) atoms. The first-order chi connectivity index (χ1) is 23.0. The zero-order chi connectivity index (χ0) is 34.9. The predicted octanol–water partition coefficient (Wildman–Crippen LogP) is 4.63. The number of aliphatic hydroxyl groups is 1. The van der Waals surface area contributed by atoms with Crippen molar-refractivity contribution >= 4 is 23.7 Å². The number of hydrogen-bond donors (Lipinski definition) is 5. The van der Waals surface area contributed by atoms with E-state index in [0.717, 1.165) is 22.3 Å². The molecule has 0 heterocycles. The Bertz CT molecular complexity index is 1530. The quantitative estimate of drug-likeness (QED) is 0.126. The van der Waals surface area contributed by atoms with Gasteiger partial charge in [0.05, 0.1) is 24.5 Å². The van der Waals surface area contributed by atoms with Crippen LogP contribution in [0.15, 0.2) is 121 Å². The molecule has 0 aliphatic rings. The molecular formula is C39H45N3O6. The Morgan fingerprint density at radius 3 is 1.56 bits per heavy atom. The summed E-state index contributed by atoms with van der Waals surface area (Å²) in [7, 11) is 0. The van der Waals surface area contributed by atoms with E-state index in [4.69, 9.17) is 10.8 Å². The van der Waals surface area contributed by atoms with Gasteiger partial charge in [0.1, 0.15) is 6.04 Å². The molecule has 0 saturated heterocycles. The van der Waals surface area contributed by atoms with E-state index < -0.39 is 36.0 Å². The zero-order valence-electron chi connectivity index (χ0n) is 27.4. The molecule has 0 aliphatic heterocycles. The van der Waals surface area contributed by atoms with Crippen molar-refractivity contribution in [3.05, 3.63) is 144 Å². The van der Waals surface area contributed by atoms with Crippen molar-refractivity contribution in [2.24, 2.45) is 11.7 Å². The Morgan fingerprint density at radius 1 is 0.667 bits per heavy atom. The molecule has 0 aromatic heterocycles. The van der Waals surface area contributed by atoms with Gasteiger partial charge in [0, 0.05) is 6.42 Å². The second-order valence-corrected chi connectivity index (χ2v) is 11.9. The molecule has 9 nitrogen and oxygen atoms in total. The second kappa shape index (κ2) is 19.4. The molecule has 0 bridgehead atoms. The summed E-state index contributed by atoms with van der Waals surface area (Å²) < 4.78 is 0. The normalized spacial score (nSPS) is 12.6. The van der Waals surface area contributed by atoms with Crippen LogP contribution in [0.5, 0.6) is 0 Å². The van der Waals surface area contributed by atoms with Crippen molar-refractivity contribution in [3.63, 3.8) is 0 Å². The van der Waals surface area contributed by atoms with Crippen molar-refractivity contribution in [1.82, 2.24) is 10.6 Å². The maximum absolute atomic E-state index is 13.6. The molecule has 3 unspecified atom stereocenters. The van der Waals surface area contributed by atoms with Gasteiger partial charge in [0.2, 0.25) is 17.7 Å². The van der Waals surface area contributed by atoms with Crippen LogP contribution in [0.1, 0.15) is 54.9 Å². The van der Waals surface area contributed by atoms with Gasteiger partial charge in [-0.15, -0.1) is 0 Å². The number of carboxylic acids is 1. The largest absolute Gasteiger partial charge is 0.481 e. The lowest BCUT2D eigenvalue weighted by molar-refractivity contribution is -0.137. The van der Waals surface area contributed by atoms with Gasteiger partial charge in [0.15, 0.2) is 0 Å². The Balaban J connectivity index is 0.000000533. The van der Waals surface area contributed by atoms with E-state index in [0.29, 0.717) is 12.8 Å². The van der Waals surface area contributed by atoms with Crippen molar-refractivity contribution in [2.75, 3.05) is 0 Å². The summed E-state index contributed by atoms with van der Waals surface area (Å²) in [6, 6.07) is 36.0. The van der Waals surface area contributed by atoms with E-state index in [1.807, 2.05) is 135 Å². The van der Waals surface area contributed by atoms with E-state index in [1.54, 1.807) is 0 Å². The fourth-order valence-electron chi connectivity index (χ4n) is 5.25. The fourth-order valence-corrected chi connectivity index (χ4v) is 5.25. The molecule has 3 amide bonds. The predicted molar refractivity (Wildman–Crippen MR) is 186 cm³/mol. The van der Waals surface area contributed by atoms with E-state index in [-0.39, 0.29) is 30.6 Å². The number of carbonyl (C=O) groups is 4. The molecule has 4 aromatic carbocycles. The third kappa shape index (κ3) is 12.5. The highest BCUT2D eigenvalue weighted by Gasteiger charge is 2.32. The van der Waals surface area contributed by atoms with Crippen molar-refractivity contribution < 1.29 is 29.4 Å². The first-order valence-corrected chi connectivity index (χ1v) is 16.0. The third-order valence-corrected chi connectivity index (χ3v) is 7.74. The molecule has 4 rings (SSSR count). The van der Waals surface area contributed by atoms with Crippen LogP contribution in [-0.2, 0) is 32.0 Å². The molecule has 0 spiro atoms. The molecule has 3 atom stereocenters. The number of aliphatic carboxylic acids is 1. The fraction of sp³-hybridized carbons (Fsp3) is 0.282. The number of aliphatic hydroxyl groups excluding tert-OH is 1. The molecule has 4 aromatic rings. The molecule has 0 fully saturated rings. The number of primary amides is 1. The summed E-state index contributed by atoms with van der Waals surface area (Å²) in [5.41, 5.74) is 8.47. The topological polar surface area (TPSA) is 159 Å². The van der Waals surface area contributed by atoms with Gasteiger partial charge in [-0.1, -0.05) is 135 Å². The standard InChI is InChI=1S/C31H36N2O5.C8H9NO/c1-21(2)29(33-30(37)28(23-14-8-4-9-15-23)24-16-10-5-11-17-24)31(38)32-25(26(34)18-19-27(35)36)20-22-12-6-3-7-13-22;9-8(10)6-7-4-2-1-3-5-7/h3-17,21,25-26,28-29,34H,18-20H2,1-2H3,(H,32,38)(H,33,37)(H,35,36);1-5H,6H2,(H2,9,10). The van der Waals surface area contributed by atoms with E-state index in [1.165, 1.54) is 0 Å². The van der Waals surface area contributed by atoms with Crippen LogP contribution in [0.4, 0.5) is 0 Å². The Hall–Kier alpha value is -5.28. The summed E-state index contributed by atoms with van der Waals surface area (Å²) >= 11 is 0. The van der Waals surface area contributed by atoms with Gasteiger partial charge in [-0.2, -0.15) is 0 Å². The average molecular weight is 652 g/mol. The number of rotatable bonds is 15. The van der Waals surface area contributed by atoms with Gasteiger partial charge in [-0.3, -0.25) is 19.2 Å².